The number of aryl methyl sites for hydroxylation is 3. The molecule has 0 radical (unpaired) electrons. The van der Waals surface area contributed by atoms with E-state index in [0.29, 0.717) is 23.5 Å². The topological polar surface area (TPSA) is 127 Å². The first kappa shape index (κ1) is 42.3. The van der Waals surface area contributed by atoms with Crippen molar-refractivity contribution >= 4 is 29.6 Å². The number of nitrogens with one attached hydrogen (secondary N) is 1. The van der Waals surface area contributed by atoms with Crippen molar-refractivity contribution in [3.05, 3.63) is 53.1 Å². The molecular formula is C40H60N4O8. The number of para-hydroxylation sites is 1. The summed E-state index contributed by atoms with van der Waals surface area (Å²) < 4.78 is 20.8. The van der Waals surface area contributed by atoms with E-state index in [1.165, 1.54) is 19.4 Å². The number of rotatable bonds is 8. The van der Waals surface area contributed by atoms with Crippen molar-refractivity contribution in [3.63, 3.8) is 0 Å². The molecule has 3 saturated heterocycles. The summed E-state index contributed by atoms with van der Waals surface area (Å²) >= 11 is 0. The average molecular weight is 725 g/mol. The summed E-state index contributed by atoms with van der Waals surface area (Å²) in [6, 6.07) is 12.3. The Kier molecular flexibility index (Phi) is 17.9. The number of benzene rings is 2. The maximum Gasteiger partial charge on any atom is 0.410 e. The average Bonchev–Trinajstić information content (AvgIpc) is 3.13. The van der Waals surface area contributed by atoms with E-state index in [9.17, 15) is 19.2 Å². The Hall–Kier alpha value is -4.16. The molecule has 0 atom stereocenters. The Balaban J connectivity index is 0.000000230. The number of carbonyl (C=O) groups is 4. The van der Waals surface area contributed by atoms with Crippen molar-refractivity contribution < 1.29 is 38.1 Å². The van der Waals surface area contributed by atoms with Gasteiger partial charge in [-0.05, 0) is 80.7 Å². The molecule has 0 bridgehead atoms. The summed E-state index contributed by atoms with van der Waals surface area (Å²) in [5, 5.41) is 2.82. The zero-order valence-corrected chi connectivity index (χ0v) is 32.3. The summed E-state index contributed by atoms with van der Waals surface area (Å²) in [6.07, 6.45) is 5.95. The van der Waals surface area contributed by atoms with Gasteiger partial charge in [0, 0.05) is 78.1 Å². The maximum absolute atomic E-state index is 12.3. The number of methoxy groups -OCH3 is 1. The van der Waals surface area contributed by atoms with Gasteiger partial charge in [-0.1, -0.05) is 44.5 Å². The van der Waals surface area contributed by atoms with Crippen LogP contribution in [0.4, 0.5) is 10.5 Å². The number of piperidine rings is 1. The number of anilines is 1. The van der Waals surface area contributed by atoms with E-state index in [1.54, 1.807) is 12.0 Å². The second-order valence-corrected chi connectivity index (χ2v) is 13.8. The fraction of sp³-hybridized carbons (Fsp3) is 0.600. The molecule has 52 heavy (non-hydrogen) atoms. The summed E-state index contributed by atoms with van der Waals surface area (Å²) in [5.74, 6) is 1.34. The zero-order chi connectivity index (χ0) is 38.0. The second-order valence-electron chi connectivity index (χ2n) is 13.8. The smallest absolute Gasteiger partial charge is 0.410 e. The molecular weight excluding hydrogens is 664 g/mol. The Morgan fingerprint density at radius 3 is 2.13 bits per heavy atom. The number of hydrogen-bond acceptors (Lipinski definition) is 9. The SMILES string of the molecule is CC1CCN(C(=O)OCC(=O)N2CCN(C3CCOCC3)CC2)CC1.CCCc1ccccc1NC(C)=O.COc1cc(C)cc(C)c1OC(C)=O. The Bertz CT molecular complexity index is 1450. The van der Waals surface area contributed by atoms with Gasteiger partial charge in [-0.15, -0.1) is 0 Å². The molecule has 2 aromatic carbocycles. The van der Waals surface area contributed by atoms with Gasteiger partial charge in [0.2, 0.25) is 5.91 Å². The number of piperazine rings is 1. The fourth-order valence-electron chi connectivity index (χ4n) is 6.54. The van der Waals surface area contributed by atoms with E-state index in [0.717, 1.165) is 108 Å². The number of nitrogens with zero attached hydrogens (tertiary/aromatic N) is 3. The molecule has 0 saturated carbocycles. The van der Waals surface area contributed by atoms with E-state index >= 15 is 0 Å². The Labute approximate surface area is 310 Å². The van der Waals surface area contributed by atoms with Crippen LogP contribution >= 0.6 is 0 Å². The third-order valence-electron chi connectivity index (χ3n) is 9.43. The minimum Gasteiger partial charge on any atom is -0.493 e. The van der Waals surface area contributed by atoms with Gasteiger partial charge in [0.1, 0.15) is 0 Å². The molecule has 2 aromatic rings. The largest absolute Gasteiger partial charge is 0.493 e. The number of amides is 3. The van der Waals surface area contributed by atoms with E-state index in [1.807, 2.05) is 49.1 Å². The molecule has 12 nitrogen and oxygen atoms in total. The molecule has 3 heterocycles. The van der Waals surface area contributed by atoms with E-state index in [2.05, 4.69) is 30.1 Å². The van der Waals surface area contributed by atoms with Crippen molar-refractivity contribution in [2.75, 3.05) is 71.5 Å². The lowest BCUT2D eigenvalue weighted by molar-refractivity contribution is -0.137. The van der Waals surface area contributed by atoms with Crippen LogP contribution in [0.25, 0.3) is 0 Å². The van der Waals surface area contributed by atoms with Gasteiger partial charge in [0.15, 0.2) is 18.1 Å². The van der Waals surface area contributed by atoms with Crippen LogP contribution in [0.5, 0.6) is 11.5 Å². The summed E-state index contributed by atoms with van der Waals surface area (Å²) in [4.78, 5) is 52.1. The molecule has 3 amide bonds. The Morgan fingerprint density at radius 1 is 0.885 bits per heavy atom. The predicted molar refractivity (Wildman–Crippen MR) is 202 cm³/mol. The van der Waals surface area contributed by atoms with E-state index in [4.69, 9.17) is 18.9 Å². The highest BCUT2D eigenvalue weighted by molar-refractivity contribution is 5.89. The summed E-state index contributed by atoms with van der Waals surface area (Å²) in [7, 11) is 1.56. The number of ether oxygens (including phenoxy) is 4. The normalized spacial score (nSPS) is 16.8. The monoisotopic (exact) mass is 724 g/mol. The van der Waals surface area contributed by atoms with Gasteiger partial charge in [-0.25, -0.2) is 4.79 Å². The molecule has 5 rings (SSSR count). The molecule has 3 fully saturated rings. The highest BCUT2D eigenvalue weighted by Crippen LogP contribution is 2.32. The van der Waals surface area contributed by atoms with Gasteiger partial charge in [-0.2, -0.15) is 0 Å². The van der Waals surface area contributed by atoms with Gasteiger partial charge >= 0.3 is 12.1 Å². The van der Waals surface area contributed by atoms with Crippen LogP contribution in [-0.2, 0) is 30.3 Å². The van der Waals surface area contributed by atoms with Gasteiger partial charge in [0.25, 0.3) is 5.91 Å². The summed E-state index contributed by atoms with van der Waals surface area (Å²) in [5.41, 5.74) is 4.13. The number of esters is 1. The summed E-state index contributed by atoms with van der Waals surface area (Å²) in [6.45, 7) is 17.3. The molecule has 288 valence electrons. The van der Waals surface area contributed by atoms with Gasteiger partial charge < -0.3 is 34.1 Å². The zero-order valence-electron chi connectivity index (χ0n) is 32.3. The van der Waals surface area contributed by atoms with Crippen molar-refractivity contribution in [3.8, 4) is 11.5 Å². The van der Waals surface area contributed by atoms with Crippen molar-refractivity contribution in [1.29, 1.82) is 0 Å². The minimum atomic E-state index is -0.346. The highest BCUT2D eigenvalue weighted by atomic mass is 16.6. The lowest BCUT2D eigenvalue weighted by atomic mass is 10.00. The van der Waals surface area contributed by atoms with Crippen LogP contribution < -0.4 is 14.8 Å². The van der Waals surface area contributed by atoms with Crippen LogP contribution in [0.3, 0.4) is 0 Å². The molecule has 0 aromatic heterocycles. The fourth-order valence-corrected chi connectivity index (χ4v) is 6.54. The van der Waals surface area contributed by atoms with E-state index < -0.39 is 0 Å². The predicted octanol–water partition coefficient (Wildman–Crippen LogP) is 6.01. The van der Waals surface area contributed by atoms with E-state index in [-0.39, 0.29) is 30.5 Å². The maximum atomic E-state index is 12.3. The molecule has 3 aliphatic rings. The minimum absolute atomic E-state index is 0.0106. The van der Waals surface area contributed by atoms with Crippen molar-refractivity contribution in [2.45, 2.75) is 86.1 Å². The van der Waals surface area contributed by atoms with Crippen LogP contribution in [0.15, 0.2) is 36.4 Å². The Morgan fingerprint density at radius 2 is 1.54 bits per heavy atom. The molecule has 1 N–H and O–H groups in total. The first-order valence-corrected chi connectivity index (χ1v) is 18.6. The van der Waals surface area contributed by atoms with Gasteiger partial charge in [-0.3, -0.25) is 19.3 Å². The number of hydrogen-bond donors (Lipinski definition) is 1. The first-order chi connectivity index (χ1) is 24.9. The third kappa shape index (κ3) is 14.1. The van der Waals surface area contributed by atoms with Crippen LogP contribution in [0.1, 0.15) is 76.5 Å². The van der Waals surface area contributed by atoms with Crippen LogP contribution in [0.2, 0.25) is 0 Å². The van der Waals surface area contributed by atoms with Crippen LogP contribution in [0, 0.1) is 19.8 Å². The van der Waals surface area contributed by atoms with Gasteiger partial charge in [0.05, 0.1) is 7.11 Å². The number of likely N-dealkylation sites (tertiary alicyclic amines) is 1. The lowest BCUT2D eigenvalue weighted by Crippen LogP contribution is -2.53. The molecule has 0 aliphatic carbocycles. The van der Waals surface area contributed by atoms with Crippen molar-refractivity contribution in [1.82, 2.24) is 14.7 Å². The van der Waals surface area contributed by atoms with Crippen molar-refractivity contribution in [2.24, 2.45) is 5.92 Å². The molecule has 12 heteroatoms. The number of carbonyl (C=O) groups excluding carboxylic acids is 4. The highest BCUT2D eigenvalue weighted by Gasteiger charge is 2.28. The second kappa shape index (κ2) is 22.0. The quantitative estimate of drug-likeness (QED) is 0.257. The lowest BCUT2D eigenvalue weighted by Gasteiger charge is -2.40. The van der Waals surface area contributed by atoms with Crippen LogP contribution in [-0.4, -0.2) is 111 Å². The third-order valence-corrected chi connectivity index (χ3v) is 9.43. The standard InChI is InChI=1S/C18H31N3O4.C11H15NO.C11H14O3/c1-15-2-6-21(7-3-15)18(23)25-14-17(22)20-10-8-19(9-11-20)16-4-12-24-13-5-16;1-3-6-10-7-4-5-8-11(10)12-9(2)13;1-7-5-8(2)11(14-9(3)12)10(6-7)13-4/h15-16H,2-14H2,1H3;4-5,7-8H,3,6H2,1-2H3,(H,12,13);5-6H,1-4H3. The molecule has 0 unspecified atom stereocenters. The molecule has 0 spiro atoms. The first-order valence-electron chi connectivity index (χ1n) is 18.6. The molecule has 3 aliphatic heterocycles.